The van der Waals surface area contributed by atoms with Crippen LogP contribution in [0.5, 0.6) is 0 Å². The summed E-state index contributed by atoms with van der Waals surface area (Å²) in [5.74, 6) is 0.501. The van der Waals surface area contributed by atoms with E-state index in [9.17, 15) is 4.79 Å². The van der Waals surface area contributed by atoms with Crippen LogP contribution in [0.15, 0.2) is 36.4 Å². The van der Waals surface area contributed by atoms with Gasteiger partial charge in [0.1, 0.15) is 5.76 Å². The van der Waals surface area contributed by atoms with Crippen molar-refractivity contribution in [3.05, 3.63) is 42.0 Å². The van der Waals surface area contributed by atoms with Gasteiger partial charge in [0.05, 0.1) is 12.5 Å². The second-order valence-corrected chi connectivity index (χ2v) is 12.2. The molecule has 0 heterocycles. The van der Waals surface area contributed by atoms with Gasteiger partial charge in [-0.15, -0.1) is 0 Å². The van der Waals surface area contributed by atoms with Crippen molar-refractivity contribution >= 4 is 20.0 Å². The Morgan fingerprint density at radius 3 is 2.08 bits per heavy atom. The normalized spacial score (nSPS) is 14.0. The molecule has 0 aliphatic carbocycles. The molecule has 0 amide bonds. The van der Waals surface area contributed by atoms with Crippen LogP contribution >= 0.6 is 0 Å². The lowest BCUT2D eigenvalue weighted by Crippen LogP contribution is -2.36. The molecule has 0 N–H and O–H groups in total. The van der Waals surface area contributed by atoms with E-state index in [4.69, 9.17) is 9.16 Å². The van der Waals surface area contributed by atoms with Crippen LogP contribution in [0.3, 0.4) is 0 Å². The van der Waals surface area contributed by atoms with Crippen molar-refractivity contribution in [2.24, 2.45) is 11.3 Å². The Labute approximate surface area is 160 Å². The Morgan fingerprint density at radius 1 is 1.08 bits per heavy atom. The van der Waals surface area contributed by atoms with E-state index < -0.39 is 8.32 Å². The lowest BCUT2D eigenvalue weighted by molar-refractivity contribution is -0.150. The minimum absolute atomic E-state index is 0.161. The molecule has 1 aromatic rings. The highest BCUT2D eigenvalue weighted by Crippen LogP contribution is 2.36. The summed E-state index contributed by atoms with van der Waals surface area (Å²) in [6.07, 6.45) is 2.13. The second kappa shape index (κ2) is 9.96. The van der Waals surface area contributed by atoms with E-state index in [-0.39, 0.29) is 17.3 Å². The van der Waals surface area contributed by atoms with Gasteiger partial charge >= 0.3 is 5.97 Å². The number of benzene rings is 1. The molecule has 1 aromatic carbocycles. The smallest absolute Gasteiger partial charge is 0.309 e. The van der Waals surface area contributed by atoms with Crippen LogP contribution in [-0.4, -0.2) is 20.9 Å². The molecular formula is C22H36O3Si. The van der Waals surface area contributed by atoms with Gasteiger partial charge in [-0.25, -0.2) is 0 Å². The summed E-state index contributed by atoms with van der Waals surface area (Å²) in [6, 6.07) is 13.5. The highest BCUT2D eigenvalue weighted by atomic mass is 28.4. The second-order valence-electron chi connectivity index (χ2n) is 7.52. The van der Waals surface area contributed by atoms with Crippen molar-refractivity contribution in [2.75, 3.05) is 6.61 Å². The van der Waals surface area contributed by atoms with Gasteiger partial charge in [0.2, 0.25) is 8.32 Å². The first-order chi connectivity index (χ1) is 12.2. The fraction of sp³-hybridized carbons (Fsp3) is 0.591. The van der Waals surface area contributed by atoms with E-state index in [0.29, 0.717) is 6.61 Å². The van der Waals surface area contributed by atoms with Crippen molar-refractivity contribution < 1.29 is 14.0 Å². The van der Waals surface area contributed by atoms with E-state index in [2.05, 4.69) is 52.8 Å². The summed E-state index contributed by atoms with van der Waals surface area (Å²) in [5, 5.41) is 0. The minimum atomic E-state index is -1.82. The molecular weight excluding hydrogens is 340 g/mol. The molecule has 1 unspecified atom stereocenters. The fourth-order valence-electron chi connectivity index (χ4n) is 3.01. The summed E-state index contributed by atoms with van der Waals surface area (Å²) in [5.41, 5.74) is 0.705. The van der Waals surface area contributed by atoms with Crippen LogP contribution in [0, 0.1) is 11.3 Å². The van der Waals surface area contributed by atoms with Gasteiger partial charge in [-0.05, 0) is 36.5 Å². The van der Waals surface area contributed by atoms with Crippen molar-refractivity contribution in [3.63, 3.8) is 0 Å². The summed E-state index contributed by atoms with van der Waals surface area (Å²) in [4.78, 5) is 12.3. The first-order valence-corrected chi connectivity index (χ1v) is 12.4. The molecule has 1 atom stereocenters. The lowest BCUT2D eigenvalue weighted by atomic mass is 9.79. The molecule has 1 rings (SSSR count). The average Bonchev–Trinajstić information content (AvgIpc) is 2.65. The highest BCUT2D eigenvalue weighted by Gasteiger charge is 2.35. The number of allylic oxidation sites excluding steroid dienone is 1. The number of ether oxygens (including phenoxy) is 1. The first kappa shape index (κ1) is 22.5. The molecule has 4 heteroatoms. The van der Waals surface area contributed by atoms with Crippen LogP contribution in [0.2, 0.25) is 18.1 Å². The quantitative estimate of drug-likeness (QED) is 0.274. The number of rotatable bonds is 10. The zero-order valence-corrected chi connectivity index (χ0v) is 18.6. The monoisotopic (exact) mass is 376 g/mol. The van der Waals surface area contributed by atoms with Gasteiger partial charge < -0.3 is 9.16 Å². The Bertz CT molecular complexity index is 580. The molecule has 0 radical (unpaired) electrons. The molecule has 146 valence electrons. The van der Waals surface area contributed by atoms with Crippen molar-refractivity contribution in [1.29, 1.82) is 0 Å². The van der Waals surface area contributed by atoms with Crippen LogP contribution in [-0.2, 0) is 14.0 Å². The Morgan fingerprint density at radius 2 is 1.62 bits per heavy atom. The maximum absolute atomic E-state index is 12.3. The van der Waals surface area contributed by atoms with Gasteiger partial charge in [0.25, 0.3) is 0 Å². The van der Waals surface area contributed by atoms with Crippen LogP contribution < -0.4 is 0 Å². The van der Waals surface area contributed by atoms with Gasteiger partial charge in [-0.1, -0.05) is 71.9 Å². The topological polar surface area (TPSA) is 35.5 Å². The van der Waals surface area contributed by atoms with E-state index in [0.717, 1.165) is 29.5 Å². The average molecular weight is 377 g/mol. The van der Waals surface area contributed by atoms with Gasteiger partial charge in [0, 0.05) is 5.56 Å². The number of esters is 1. The predicted molar refractivity (Wildman–Crippen MR) is 112 cm³/mol. The SMILES string of the molecule is CCOC(=O)C(C)C(C)(C)/C=C(\O[Si](CC)(CC)CC)c1ccccc1. The van der Waals surface area contributed by atoms with Crippen molar-refractivity contribution in [3.8, 4) is 0 Å². The standard InChI is InChI=1S/C22H36O3Si/c1-8-24-21(23)18(5)22(6,7)17-20(19-15-13-12-14-16-19)25-26(9-2,10-3)11-4/h12-18H,8-11H2,1-7H3/b20-17-. The largest absolute Gasteiger partial charge is 0.543 e. The summed E-state index contributed by atoms with van der Waals surface area (Å²) >= 11 is 0. The molecule has 0 saturated heterocycles. The van der Waals surface area contributed by atoms with E-state index >= 15 is 0 Å². The van der Waals surface area contributed by atoms with Crippen LogP contribution in [0.25, 0.3) is 5.76 Å². The zero-order valence-electron chi connectivity index (χ0n) is 17.6. The maximum Gasteiger partial charge on any atom is 0.309 e. The first-order valence-electron chi connectivity index (χ1n) is 9.89. The maximum atomic E-state index is 12.3. The zero-order chi connectivity index (χ0) is 19.8. The number of carbonyl (C=O) groups is 1. The third kappa shape index (κ3) is 5.73. The fourth-order valence-corrected chi connectivity index (χ4v) is 5.58. The molecule has 26 heavy (non-hydrogen) atoms. The molecule has 0 bridgehead atoms. The van der Waals surface area contributed by atoms with Crippen molar-refractivity contribution in [2.45, 2.75) is 66.6 Å². The highest BCUT2D eigenvalue weighted by molar-refractivity contribution is 6.74. The van der Waals surface area contributed by atoms with E-state index in [1.165, 1.54) is 0 Å². The number of carbonyl (C=O) groups excluding carboxylic acids is 1. The minimum Gasteiger partial charge on any atom is -0.543 e. The van der Waals surface area contributed by atoms with Gasteiger partial charge in [0.15, 0.2) is 0 Å². The van der Waals surface area contributed by atoms with Gasteiger partial charge in [-0.3, -0.25) is 4.79 Å². The molecule has 3 nitrogen and oxygen atoms in total. The molecule has 0 spiro atoms. The van der Waals surface area contributed by atoms with E-state index in [1.54, 1.807) is 0 Å². The molecule has 0 aliphatic rings. The summed E-state index contributed by atoms with van der Waals surface area (Å²) in [6.45, 7) is 15.0. The molecule has 0 aliphatic heterocycles. The summed E-state index contributed by atoms with van der Waals surface area (Å²) in [7, 11) is -1.82. The Kier molecular flexibility index (Phi) is 8.61. The third-order valence-corrected chi connectivity index (χ3v) is 10.1. The van der Waals surface area contributed by atoms with Gasteiger partial charge in [-0.2, -0.15) is 0 Å². The number of hydrogen-bond acceptors (Lipinski definition) is 3. The lowest BCUT2D eigenvalue weighted by Gasteiger charge is -2.33. The van der Waals surface area contributed by atoms with Crippen LogP contribution in [0.4, 0.5) is 0 Å². The Balaban J connectivity index is 3.31. The van der Waals surface area contributed by atoms with Crippen molar-refractivity contribution in [1.82, 2.24) is 0 Å². The predicted octanol–water partition coefficient (Wildman–Crippen LogP) is 6.27. The molecule has 0 saturated carbocycles. The van der Waals surface area contributed by atoms with Crippen LogP contribution in [0.1, 0.15) is 54.0 Å². The Hall–Kier alpha value is -1.55. The third-order valence-electron chi connectivity index (χ3n) is 5.58. The summed E-state index contributed by atoms with van der Waals surface area (Å²) < 4.78 is 12.0. The van der Waals surface area contributed by atoms with E-state index in [1.807, 2.05) is 32.0 Å². The number of hydrogen-bond donors (Lipinski definition) is 0. The molecule has 0 fully saturated rings. The molecule has 0 aromatic heterocycles.